The molecule has 0 aromatic carbocycles. The summed E-state index contributed by atoms with van der Waals surface area (Å²) in [6, 6.07) is 0. The second kappa shape index (κ2) is 5.89. The van der Waals surface area contributed by atoms with E-state index in [1.54, 1.807) is 0 Å². The maximum Gasteiger partial charge on any atom is 0.469 e. The van der Waals surface area contributed by atoms with Crippen molar-refractivity contribution in [1.82, 2.24) is 19.5 Å². The number of aliphatic hydroxyl groups is 2. The quantitative estimate of drug-likeness (QED) is 0.311. The van der Waals surface area contributed by atoms with Crippen LogP contribution >= 0.6 is 7.82 Å². The maximum absolute atomic E-state index is 11.7. The largest absolute Gasteiger partial charge is 0.469 e. The van der Waals surface area contributed by atoms with E-state index >= 15 is 0 Å². The van der Waals surface area contributed by atoms with Crippen LogP contribution in [0.3, 0.4) is 0 Å². The summed E-state index contributed by atoms with van der Waals surface area (Å²) in [5.74, 6) is -0.177. The summed E-state index contributed by atoms with van der Waals surface area (Å²) in [5, 5.41) is 20.1. The van der Waals surface area contributed by atoms with Crippen LogP contribution in [0.4, 0.5) is 5.95 Å². The fraction of sp³-hybridized carbons (Fsp3) is 0.500. The van der Waals surface area contributed by atoms with Crippen LogP contribution in [0.5, 0.6) is 0 Å². The second-order valence-corrected chi connectivity index (χ2v) is 6.35. The summed E-state index contributed by atoms with van der Waals surface area (Å²) < 4.78 is 21.6. The number of aliphatic hydroxyl groups excluding tert-OH is 2. The van der Waals surface area contributed by atoms with Crippen LogP contribution in [-0.4, -0.2) is 64.4 Å². The molecular weight excluding hydrogens is 349 g/mol. The predicted octanol–water partition coefficient (Wildman–Crippen LogP) is -2.57. The standard InChI is InChI=1S/C10H14N5O8P/c11-10-13-7-4(8(18)14-10)12-2-15(7)9-6(17)5(16)3(23-9)1-22-24(19,20)21/h2-3,5-6,9,16-17H,1H2,(H2,19,20,21)(H3,11,13,14,18)/t3-,5+,6?,9-/m1/s1. The lowest BCUT2D eigenvalue weighted by Gasteiger charge is -2.16. The number of fused-ring (bicyclic) bond motifs is 1. The lowest BCUT2D eigenvalue weighted by Crippen LogP contribution is -2.33. The number of nitrogens with zero attached hydrogens (tertiary/aromatic N) is 3. The molecule has 2 aromatic rings. The van der Waals surface area contributed by atoms with E-state index in [1.807, 2.05) is 0 Å². The highest BCUT2D eigenvalue weighted by Gasteiger charge is 2.45. The number of rotatable bonds is 4. The highest BCUT2D eigenvalue weighted by atomic mass is 31.2. The van der Waals surface area contributed by atoms with Gasteiger partial charge in [0.25, 0.3) is 5.56 Å². The molecule has 1 fully saturated rings. The van der Waals surface area contributed by atoms with Crippen molar-refractivity contribution in [3.8, 4) is 0 Å². The predicted molar refractivity (Wildman–Crippen MR) is 76.5 cm³/mol. The molecule has 14 heteroatoms. The molecule has 0 saturated carbocycles. The van der Waals surface area contributed by atoms with Gasteiger partial charge >= 0.3 is 7.82 Å². The molecule has 4 atom stereocenters. The first-order valence-electron chi connectivity index (χ1n) is 6.61. The van der Waals surface area contributed by atoms with Crippen molar-refractivity contribution in [3.63, 3.8) is 0 Å². The number of nitrogens with one attached hydrogen (secondary N) is 1. The summed E-state index contributed by atoms with van der Waals surface area (Å²) in [5.41, 5.74) is 4.84. The number of phosphoric acid groups is 1. The van der Waals surface area contributed by atoms with Gasteiger partial charge in [-0.05, 0) is 0 Å². The van der Waals surface area contributed by atoms with Crippen LogP contribution < -0.4 is 11.3 Å². The molecule has 0 bridgehead atoms. The Morgan fingerprint density at radius 3 is 2.79 bits per heavy atom. The van der Waals surface area contributed by atoms with E-state index in [-0.39, 0.29) is 17.1 Å². The van der Waals surface area contributed by atoms with Crippen molar-refractivity contribution in [2.45, 2.75) is 24.5 Å². The minimum absolute atomic E-state index is 0.0176. The Morgan fingerprint density at radius 2 is 2.12 bits per heavy atom. The van der Waals surface area contributed by atoms with Crippen LogP contribution in [0, 0.1) is 0 Å². The molecule has 1 aliphatic heterocycles. The van der Waals surface area contributed by atoms with Crippen LogP contribution in [-0.2, 0) is 13.8 Å². The number of hydrogen-bond donors (Lipinski definition) is 6. The van der Waals surface area contributed by atoms with Crippen molar-refractivity contribution in [3.05, 3.63) is 16.7 Å². The number of nitrogen functional groups attached to an aromatic ring is 1. The minimum atomic E-state index is -4.76. The van der Waals surface area contributed by atoms with E-state index in [4.69, 9.17) is 20.3 Å². The van der Waals surface area contributed by atoms with Crippen LogP contribution in [0.15, 0.2) is 11.1 Å². The zero-order chi connectivity index (χ0) is 17.6. The monoisotopic (exact) mass is 363 g/mol. The second-order valence-electron chi connectivity index (χ2n) is 5.11. The third-order valence-electron chi connectivity index (χ3n) is 3.47. The average Bonchev–Trinajstić information content (AvgIpc) is 3.00. The molecule has 1 unspecified atom stereocenters. The molecule has 13 nitrogen and oxygen atoms in total. The van der Waals surface area contributed by atoms with Gasteiger partial charge < -0.3 is 30.5 Å². The van der Waals surface area contributed by atoms with E-state index in [9.17, 15) is 19.6 Å². The van der Waals surface area contributed by atoms with Crippen LogP contribution in [0.2, 0.25) is 0 Å². The van der Waals surface area contributed by atoms with E-state index < -0.39 is 44.5 Å². The number of ether oxygens (including phenoxy) is 1. The van der Waals surface area contributed by atoms with E-state index in [0.29, 0.717) is 0 Å². The lowest BCUT2D eigenvalue weighted by molar-refractivity contribution is -0.0503. The zero-order valence-electron chi connectivity index (χ0n) is 11.9. The number of nitrogens with two attached hydrogens (primary N) is 1. The van der Waals surface area contributed by atoms with E-state index in [1.165, 1.54) is 10.9 Å². The highest BCUT2D eigenvalue weighted by Crippen LogP contribution is 2.38. The number of hydrogen-bond acceptors (Lipinski definition) is 9. The molecule has 132 valence electrons. The molecule has 0 spiro atoms. The van der Waals surface area contributed by atoms with Crippen molar-refractivity contribution < 1.29 is 33.8 Å². The number of anilines is 1. The molecule has 3 rings (SSSR count). The smallest absolute Gasteiger partial charge is 0.387 e. The summed E-state index contributed by atoms with van der Waals surface area (Å²) in [6.45, 7) is -0.651. The SMILES string of the molecule is Nc1nc2c(ncn2[C@@H]2O[C@H](COP(=O)(O)O)[C@H](O)C2O)c(=O)[nH]1. The first-order chi connectivity index (χ1) is 11.2. The Morgan fingerprint density at radius 1 is 1.42 bits per heavy atom. The molecule has 3 heterocycles. The molecule has 7 N–H and O–H groups in total. The zero-order valence-corrected chi connectivity index (χ0v) is 12.8. The van der Waals surface area contributed by atoms with Gasteiger partial charge in [0.1, 0.15) is 18.3 Å². The molecule has 0 amide bonds. The topological polar surface area (TPSA) is 206 Å². The van der Waals surface area contributed by atoms with Gasteiger partial charge in [0, 0.05) is 0 Å². The molecular formula is C10H14N5O8P. The van der Waals surface area contributed by atoms with Gasteiger partial charge in [0.2, 0.25) is 5.95 Å². The Bertz CT molecular complexity index is 861. The third kappa shape index (κ3) is 3.06. The Kier molecular flexibility index (Phi) is 4.17. The summed E-state index contributed by atoms with van der Waals surface area (Å²) in [6.07, 6.45) is -4.22. The van der Waals surface area contributed by atoms with Gasteiger partial charge in [0.05, 0.1) is 12.9 Å². The highest BCUT2D eigenvalue weighted by molar-refractivity contribution is 7.46. The van der Waals surface area contributed by atoms with Crippen LogP contribution in [0.25, 0.3) is 11.2 Å². The summed E-state index contributed by atoms with van der Waals surface area (Å²) >= 11 is 0. The minimum Gasteiger partial charge on any atom is -0.387 e. The van der Waals surface area contributed by atoms with Gasteiger partial charge in [-0.25, -0.2) is 9.55 Å². The summed E-state index contributed by atoms with van der Waals surface area (Å²) in [7, 11) is -4.76. The van der Waals surface area contributed by atoms with E-state index in [0.717, 1.165) is 0 Å². The van der Waals surface area contributed by atoms with Crippen molar-refractivity contribution >= 4 is 24.9 Å². The van der Waals surface area contributed by atoms with Gasteiger partial charge in [-0.3, -0.25) is 18.9 Å². The van der Waals surface area contributed by atoms with Crippen molar-refractivity contribution in [2.75, 3.05) is 12.3 Å². The Hall–Kier alpha value is -1.86. The maximum atomic E-state index is 11.7. The van der Waals surface area contributed by atoms with Crippen molar-refractivity contribution in [1.29, 1.82) is 0 Å². The van der Waals surface area contributed by atoms with Gasteiger partial charge in [-0.2, -0.15) is 4.98 Å². The molecule has 1 aliphatic rings. The molecule has 0 aliphatic carbocycles. The van der Waals surface area contributed by atoms with E-state index in [2.05, 4.69) is 19.5 Å². The Balaban J connectivity index is 1.90. The molecule has 2 aromatic heterocycles. The number of aromatic amines is 1. The van der Waals surface area contributed by atoms with Gasteiger partial charge in [-0.1, -0.05) is 0 Å². The van der Waals surface area contributed by atoms with Gasteiger partial charge in [0.15, 0.2) is 17.4 Å². The first kappa shape index (κ1) is 17.0. The molecule has 1 saturated heterocycles. The number of H-pyrrole nitrogens is 1. The van der Waals surface area contributed by atoms with Crippen LogP contribution in [0.1, 0.15) is 6.23 Å². The number of imidazole rings is 1. The van der Waals surface area contributed by atoms with Gasteiger partial charge in [-0.15, -0.1) is 0 Å². The summed E-state index contributed by atoms with van der Waals surface area (Å²) in [4.78, 5) is 39.1. The van der Waals surface area contributed by atoms with Crippen molar-refractivity contribution in [2.24, 2.45) is 0 Å². The molecule has 24 heavy (non-hydrogen) atoms. The fourth-order valence-electron chi connectivity index (χ4n) is 2.40. The normalized spacial score (nSPS) is 27.8. The number of phosphoric ester groups is 1. The number of aromatic nitrogens is 4. The first-order valence-corrected chi connectivity index (χ1v) is 8.14. The lowest BCUT2D eigenvalue weighted by atomic mass is 10.1. The fourth-order valence-corrected chi connectivity index (χ4v) is 2.74. The average molecular weight is 363 g/mol. The third-order valence-corrected chi connectivity index (χ3v) is 3.95. The Labute approximate surface area is 132 Å². The molecule has 0 radical (unpaired) electrons.